The van der Waals surface area contributed by atoms with Gasteiger partial charge >= 0.3 is 5.97 Å². The smallest absolute Gasteiger partial charge is 0.331 e. The third kappa shape index (κ3) is 5.39. The molecular weight excluding hydrogens is 370 g/mol. The van der Waals surface area contributed by atoms with Crippen molar-refractivity contribution in [1.29, 1.82) is 0 Å². The predicted molar refractivity (Wildman–Crippen MR) is 104 cm³/mol. The van der Waals surface area contributed by atoms with E-state index in [1.807, 2.05) is 18.7 Å². The first-order valence-electron chi connectivity index (χ1n) is 8.94. The molecule has 0 saturated carbocycles. The Morgan fingerprint density at radius 1 is 1.19 bits per heavy atom. The number of ether oxygens (including phenoxy) is 3. The number of hydrogen-bond donors (Lipinski definition) is 0. The van der Waals surface area contributed by atoms with E-state index in [1.165, 1.54) is 20.3 Å². The summed E-state index contributed by atoms with van der Waals surface area (Å²) in [4.78, 5) is 26.1. The topological polar surface area (TPSA) is 65.1 Å². The Labute approximate surface area is 165 Å². The minimum Gasteiger partial charge on any atom is -0.493 e. The molecule has 1 aliphatic rings. The second-order valence-corrected chi connectivity index (χ2v) is 7.02. The highest BCUT2D eigenvalue weighted by Gasteiger charge is 2.29. The monoisotopic (exact) mass is 395 g/mol. The maximum atomic E-state index is 12.4. The van der Waals surface area contributed by atoms with Gasteiger partial charge in [0, 0.05) is 18.2 Å². The Morgan fingerprint density at radius 3 is 2.44 bits per heavy atom. The zero-order chi connectivity index (χ0) is 20.0. The van der Waals surface area contributed by atoms with Crippen LogP contribution in [-0.2, 0) is 14.3 Å². The molecule has 2 rings (SSSR count). The van der Waals surface area contributed by atoms with Crippen LogP contribution < -0.4 is 9.47 Å². The number of likely N-dealkylation sites (tertiary alicyclic amines) is 1. The number of carbonyl (C=O) groups is 2. The second kappa shape index (κ2) is 9.65. The molecule has 1 amide bonds. The summed E-state index contributed by atoms with van der Waals surface area (Å²) < 4.78 is 15.5. The molecule has 1 aromatic rings. The summed E-state index contributed by atoms with van der Waals surface area (Å²) in [6.07, 6.45) is 5.87. The van der Waals surface area contributed by atoms with E-state index in [0.717, 1.165) is 19.3 Å². The second-order valence-electron chi connectivity index (χ2n) is 6.61. The largest absolute Gasteiger partial charge is 0.493 e. The quantitative estimate of drug-likeness (QED) is 0.542. The molecule has 0 aromatic heterocycles. The van der Waals surface area contributed by atoms with Gasteiger partial charge in [0.1, 0.15) is 0 Å². The standard InChI is InChI=1S/C20H26ClNO5/c1-13-6-5-7-14(2)22(13)18(23)12-27-19(24)9-8-15-10-16(21)20(26-4)17(11-15)25-3/h8-11,13-14H,5-7,12H2,1-4H3/b9-8+/t13-,14-/m0/s1. The van der Waals surface area contributed by atoms with Gasteiger partial charge in [-0.2, -0.15) is 0 Å². The van der Waals surface area contributed by atoms with Crippen molar-refractivity contribution in [1.82, 2.24) is 4.90 Å². The lowest BCUT2D eigenvalue weighted by atomic mass is 9.97. The predicted octanol–water partition coefficient (Wildman–Crippen LogP) is 3.70. The van der Waals surface area contributed by atoms with Crippen molar-refractivity contribution in [2.45, 2.75) is 45.2 Å². The van der Waals surface area contributed by atoms with E-state index >= 15 is 0 Å². The van der Waals surface area contributed by atoms with Crippen LogP contribution in [0, 0.1) is 0 Å². The molecule has 0 spiro atoms. The molecule has 7 heteroatoms. The van der Waals surface area contributed by atoms with E-state index < -0.39 is 5.97 Å². The average molecular weight is 396 g/mol. The van der Waals surface area contributed by atoms with Crippen molar-refractivity contribution in [3.63, 3.8) is 0 Å². The van der Waals surface area contributed by atoms with Crippen LogP contribution in [0.1, 0.15) is 38.7 Å². The van der Waals surface area contributed by atoms with Crippen LogP contribution in [0.4, 0.5) is 0 Å². The zero-order valence-corrected chi connectivity index (χ0v) is 16.9. The molecule has 27 heavy (non-hydrogen) atoms. The number of benzene rings is 1. The Kier molecular flexibility index (Phi) is 7.54. The highest BCUT2D eigenvalue weighted by molar-refractivity contribution is 6.32. The van der Waals surface area contributed by atoms with Gasteiger partial charge in [0.25, 0.3) is 5.91 Å². The molecule has 148 valence electrons. The lowest BCUT2D eigenvalue weighted by Gasteiger charge is -2.38. The van der Waals surface area contributed by atoms with Gasteiger partial charge < -0.3 is 19.1 Å². The molecule has 0 bridgehead atoms. The fraction of sp³-hybridized carbons (Fsp3) is 0.500. The first kappa shape index (κ1) is 21.1. The number of piperidine rings is 1. The van der Waals surface area contributed by atoms with Crippen molar-refractivity contribution in [2.24, 2.45) is 0 Å². The summed E-state index contributed by atoms with van der Waals surface area (Å²) in [5.74, 6) is 0.132. The molecule has 0 unspecified atom stereocenters. The molecule has 6 nitrogen and oxygen atoms in total. The van der Waals surface area contributed by atoms with Crippen molar-refractivity contribution in [3.05, 3.63) is 28.8 Å². The van der Waals surface area contributed by atoms with Crippen LogP contribution in [0.2, 0.25) is 5.02 Å². The van der Waals surface area contributed by atoms with E-state index in [1.54, 1.807) is 18.2 Å². The SMILES string of the molecule is COc1cc(/C=C/C(=O)OCC(=O)N2[C@@H](C)CCC[C@@H]2C)cc(Cl)c1OC. The summed E-state index contributed by atoms with van der Waals surface area (Å²) in [6.45, 7) is 3.79. The van der Waals surface area contributed by atoms with E-state index in [9.17, 15) is 9.59 Å². The average Bonchev–Trinajstić information content (AvgIpc) is 2.64. The summed E-state index contributed by atoms with van der Waals surface area (Å²) in [5.41, 5.74) is 0.652. The lowest BCUT2D eigenvalue weighted by Crippen LogP contribution is -2.49. The minimum absolute atomic E-state index is 0.161. The summed E-state index contributed by atoms with van der Waals surface area (Å²) >= 11 is 6.14. The molecule has 1 aliphatic heterocycles. The Hall–Kier alpha value is -2.21. The fourth-order valence-electron chi connectivity index (χ4n) is 3.37. The number of halogens is 1. The van der Waals surface area contributed by atoms with E-state index in [0.29, 0.717) is 22.1 Å². The number of amides is 1. The molecule has 1 heterocycles. The van der Waals surface area contributed by atoms with Gasteiger partial charge in [0.05, 0.1) is 19.2 Å². The van der Waals surface area contributed by atoms with Crippen molar-refractivity contribution in [2.75, 3.05) is 20.8 Å². The van der Waals surface area contributed by atoms with Crippen LogP contribution in [-0.4, -0.2) is 49.7 Å². The van der Waals surface area contributed by atoms with Crippen LogP contribution in [0.3, 0.4) is 0 Å². The van der Waals surface area contributed by atoms with Crippen LogP contribution >= 0.6 is 11.6 Å². The third-order valence-electron chi connectivity index (χ3n) is 4.69. The van der Waals surface area contributed by atoms with Crippen molar-refractivity contribution in [3.8, 4) is 11.5 Å². The van der Waals surface area contributed by atoms with Gasteiger partial charge in [-0.1, -0.05) is 11.6 Å². The molecule has 0 aliphatic carbocycles. The van der Waals surface area contributed by atoms with Gasteiger partial charge in [-0.3, -0.25) is 4.79 Å². The number of hydrogen-bond acceptors (Lipinski definition) is 5. The van der Waals surface area contributed by atoms with Gasteiger partial charge in [-0.15, -0.1) is 0 Å². The minimum atomic E-state index is -0.591. The molecule has 2 atom stereocenters. The molecule has 1 aromatic carbocycles. The fourth-order valence-corrected chi connectivity index (χ4v) is 3.66. The maximum absolute atomic E-state index is 12.4. The number of carbonyl (C=O) groups excluding carboxylic acids is 2. The molecule has 1 fully saturated rings. The van der Waals surface area contributed by atoms with Crippen LogP contribution in [0.25, 0.3) is 6.08 Å². The number of rotatable bonds is 6. The lowest BCUT2D eigenvalue weighted by molar-refractivity contribution is -0.151. The molecular formula is C20H26ClNO5. The Balaban J connectivity index is 1.95. The Bertz CT molecular complexity index is 709. The van der Waals surface area contributed by atoms with Crippen molar-refractivity contribution >= 4 is 29.6 Å². The summed E-state index contributed by atoms with van der Waals surface area (Å²) in [7, 11) is 3.00. The highest BCUT2D eigenvalue weighted by Crippen LogP contribution is 2.36. The summed E-state index contributed by atoms with van der Waals surface area (Å²) in [5, 5.41) is 0.369. The normalized spacial score (nSPS) is 19.8. The Morgan fingerprint density at radius 2 is 1.85 bits per heavy atom. The first-order valence-corrected chi connectivity index (χ1v) is 9.32. The maximum Gasteiger partial charge on any atom is 0.331 e. The van der Waals surface area contributed by atoms with E-state index in [2.05, 4.69) is 0 Å². The number of methoxy groups -OCH3 is 2. The van der Waals surface area contributed by atoms with Gasteiger partial charge in [0.2, 0.25) is 0 Å². The zero-order valence-electron chi connectivity index (χ0n) is 16.2. The van der Waals surface area contributed by atoms with E-state index in [4.69, 9.17) is 25.8 Å². The van der Waals surface area contributed by atoms with Crippen LogP contribution in [0.5, 0.6) is 11.5 Å². The number of esters is 1. The molecule has 0 radical (unpaired) electrons. The van der Waals surface area contributed by atoms with Gasteiger partial charge in [-0.25, -0.2) is 4.79 Å². The summed E-state index contributed by atoms with van der Waals surface area (Å²) in [6, 6.07) is 3.68. The van der Waals surface area contributed by atoms with Gasteiger partial charge in [0.15, 0.2) is 18.1 Å². The van der Waals surface area contributed by atoms with E-state index in [-0.39, 0.29) is 24.6 Å². The van der Waals surface area contributed by atoms with Crippen molar-refractivity contribution < 1.29 is 23.8 Å². The molecule has 1 saturated heterocycles. The first-order chi connectivity index (χ1) is 12.9. The molecule has 0 N–H and O–H groups in total. The third-order valence-corrected chi connectivity index (χ3v) is 4.97. The van der Waals surface area contributed by atoms with Crippen LogP contribution in [0.15, 0.2) is 18.2 Å². The number of nitrogens with zero attached hydrogens (tertiary/aromatic N) is 1. The highest BCUT2D eigenvalue weighted by atomic mass is 35.5. The van der Waals surface area contributed by atoms with Gasteiger partial charge in [-0.05, 0) is 56.9 Å².